The van der Waals surface area contributed by atoms with Gasteiger partial charge in [-0.1, -0.05) is 61.4 Å². The molecule has 4 aliphatic rings. The van der Waals surface area contributed by atoms with Crippen molar-refractivity contribution in [2.24, 2.45) is 22.7 Å². The van der Waals surface area contributed by atoms with E-state index in [9.17, 15) is 27.9 Å². The number of hydrogen-bond acceptors (Lipinski definition) is 8. The molecule has 0 unspecified atom stereocenters. The predicted octanol–water partition coefficient (Wildman–Crippen LogP) is 5.51. The molecule has 1 N–H and O–H groups in total. The van der Waals surface area contributed by atoms with Crippen LogP contribution in [0.4, 0.5) is 0 Å². The molecule has 4 aliphatic carbocycles. The summed E-state index contributed by atoms with van der Waals surface area (Å²) in [6.07, 6.45) is 5.50. The Morgan fingerprint density at radius 3 is 2.40 bits per heavy atom. The van der Waals surface area contributed by atoms with Crippen LogP contribution in [0.25, 0.3) is 0 Å². The molecule has 0 saturated heterocycles. The average Bonchev–Trinajstić information content (AvgIpc) is 3.29. The highest BCUT2D eigenvalue weighted by atomic mass is 35.5. The first-order valence-corrected chi connectivity index (χ1v) is 17.1. The number of hydrogen-bond donors (Lipinski definition) is 1. The Hall–Kier alpha value is -3.11. The molecule has 7 atom stereocenters. The maximum absolute atomic E-state index is 14.4. The van der Waals surface area contributed by atoms with Crippen LogP contribution in [0.3, 0.4) is 0 Å². The van der Waals surface area contributed by atoms with Gasteiger partial charge in [0.1, 0.15) is 6.61 Å². The minimum Gasteiger partial charge on any atom is -0.447 e. The second-order valence-corrected chi connectivity index (χ2v) is 15.6. The summed E-state index contributed by atoms with van der Waals surface area (Å²) >= 11 is 7.54. The molecule has 238 valence electrons. The maximum atomic E-state index is 14.4. The smallest absolute Gasteiger partial charge is 0.339 e. The van der Waals surface area contributed by atoms with Crippen LogP contribution < -0.4 is 0 Å². The fraction of sp³-hybridized carbons (Fsp3) is 0.457. The predicted molar refractivity (Wildman–Crippen MR) is 167 cm³/mol. The van der Waals surface area contributed by atoms with Crippen LogP contribution in [0.15, 0.2) is 83.3 Å². The monoisotopic (exact) mass is 652 g/mol. The van der Waals surface area contributed by atoms with Crippen LogP contribution in [-0.2, 0) is 28.6 Å². The Balaban J connectivity index is 1.38. The van der Waals surface area contributed by atoms with Crippen molar-refractivity contribution in [2.45, 2.75) is 74.3 Å². The van der Waals surface area contributed by atoms with Crippen molar-refractivity contribution in [3.8, 4) is 0 Å². The van der Waals surface area contributed by atoms with Crippen LogP contribution in [0, 0.1) is 29.6 Å². The molecule has 3 fully saturated rings. The van der Waals surface area contributed by atoms with E-state index in [4.69, 9.17) is 20.5 Å². The van der Waals surface area contributed by atoms with Gasteiger partial charge < -0.3 is 9.84 Å². The van der Waals surface area contributed by atoms with Crippen molar-refractivity contribution >= 4 is 39.3 Å². The highest BCUT2D eigenvalue weighted by Crippen LogP contribution is 2.71. The summed E-state index contributed by atoms with van der Waals surface area (Å²) in [6, 6.07) is 14.4. The lowest BCUT2D eigenvalue weighted by Crippen LogP contribution is -2.69. The minimum atomic E-state index is -4.30. The van der Waals surface area contributed by atoms with Gasteiger partial charge in [0.25, 0.3) is 10.1 Å². The molecule has 45 heavy (non-hydrogen) atoms. The summed E-state index contributed by atoms with van der Waals surface area (Å²) in [4.78, 5) is 38.9. The number of Topliss-reactive ketones (excluding diaryl/α,β-unsaturated/α-hetero) is 1. The van der Waals surface area contributed by atoms with Gasteiger partial charge in [0.05, 0.1) is 21.4 Å². The Morgan fingerprint density at radius 2 is 1.71 bits per heavy atom. The second kappa shape index (κ2) is 11.0. The van der Waals surface area contributed by atoms with E-state index in [0.29, 0.717) is 19.3 Å². The number of esters is 1. The number of aliphatic hydroxyl groups is 1. The molecule has 10 heteroatoms. The van der Waals surface area contributed by atoms with Crippen molar-refractivity contribution in [3.63, 3.8) is 0 Å². The molecular weight excluding hydrogens is 616 g/mol. The zero-order chi connectivity index (χ0) is 32.4. The topological polar surface area (TPSA) is 124 Å². The van der Waals surface area contributed by atoms with Crippen molar-refractivity contribution in [1.29, 1.82) is 0 Å². The second-order valence-electron chi connectivity index (χ2n) is 13.3. The molecule has 0 radical (unpaired) electrons. The number of ketones is 2. The molecule has 3 saturated carbocycles. The molecule has 0 aromatic heterocycles. The Bertz CT molecular complexity index is 1720. The van der Waals surface area contributed by atoms with E-state index in [-0.39, 0.29) is 40.9 Å². The average molecular weight is 653 g/mol. The van der Waals surface area contributed by atoms with Crippen LogP contribution >= 0.6 is 11.6 Å². The van der Waals surface area contributed by atoms with E-state index >= 15 is 0 Å². The number of carbonyl (C=O) groups excluding carboxylic acids is 3. The molecule has 0 bridgehead atoms. The largest absolute Gasteiger partial charge is 0.447 e. The van der Waals surface area contributed by atoms with Gasteiger partial charge in [0, 0.05) is 10.8 Å². The van der Waals surface area contributed by atoms with Gasteiger partial charge in [-0.3, -0.25) is 13.8 Å². The zero-order valence-corrected chi connectivity index (χ0v) is 27.1. The summed E-state index contributed by atoms with van der Waals surface area (Å²) in [5.74, 6) is -2.08. The lowest BCUT2D eigenvalue weighted by Gasteiger charge is -2.64. The summed E-state index contributed by atoms with van der Waals surface area (Å²) in [6.45, 7) is 4.76. The van der Waals surface area contributed by atoms with Crippen molar-refractivity contribution in [2.75, 3.05) is 6.61 Å². The zero-order valence-electron chi connectivity index (χ0n) is 25.5. The SMILES string of the molecule is Cc1ccc(S(=O)(=O)OCC(=O)[C@@]2(OC(=O)c3ccccc3)CC[C@H]3[C@@H]4CCC5=CC(=O)C=C[C@]5(C)[C@@]4(Cl)[C@@H](O)C[C@@]32C)cc1. The van der Waals surface area contributed by atoms with Gasteiger partial charge in [-0.2, -0.15) is 8.42 Å². The van der Waals surface area contributed by atoms with Crippen molar-refractivity contribution in [1.82, 2.24) is 0 Å². The Kier molecular flexibility index (Phi) is 7.79. The number of alkyl halides is 1. The molecule has 0 spiro atoms. The van der Waals surface area contributed by atoms with Crippen LogP contribution in [0.1, 0.15) is 61.9 Å². The fourth-order valence-corrected chi connectivity index (χ4v) is 10.1. The van der Waals surface area contributed by atoms with Gasteiger partial charge in [-0.25, -0.2) is 4.79 Å². The molecule has 0 aliphatic heterocycles. The van der Waals surface area contributed by atoms with E-state index in [2.05, 4.69) is 0 Å². The Morgan fingerprint density at radius 1 is 1.02 bits per heavy atom. The van der Waals surface area contributed by atoms with Gasteiger partial charge in [-0.15, -0.1) is 11.6 Å². The molecule has 8 nitrogen and oxygen atoms in total. The number of rotatable bonds is 7. The maximum Gasteiger partial charge on any atom is 0.339 e. The molecule has 2 aromatic rings. The summed E-state index contributed by atoms with van der Waals surface area (Å²) in [5, 5.41) is 12.0. The molecule has 6 rings (SSSR count). The van der Waals surface area contributed by atoms with E-state index in [1.165, 1.54) is 18.2 Å². The number of ether oxygens (including phenoxy) is 1. The number of aryl methyl sites for hydroxylation is 1. The minimum absolute atomic E-state index is 0.0147. The normalized spacial score (nSPS) is 35.5. The first kappa shape index (κ1) is 31.9. The Labute approximate surface area is 268 Å². The van der Waals surface area contributed by atoms with Crippen LogP contribution in [0.5, 0.6) is 0 Å². The number of benzene rings is 2. The number of halogens is 1. The third-order valence-corrected chi connectivity index (χ3v) is 13.3. The third-order valence-electron chi connectivity index (χ3n) is 11.1. The number of carbonyl (C=O) groups is 3. The van der Waals surface area contributed by atoms with E-state index in [1.54, 1.807) is 54.6 Å². The molecule has 0 heterocycles. The highest BCUT2D eigenvalue weighted by Gasteiger charge is 2.74. The fourth-order valence-electron chi connectivity index (χ4n) is 8.69. The lowest BCUT2D eigenvalue weighted by molar-refractivity contribution is -0.174. The number of aliphatic hydroxyl groups excluding tert-OH is 1. The molecule has 0 amide bonds. The first-order chi connectivity index (χ1) is 21.2. The number of fused-ring (bicyclic) bond motifs is 5. The summed E-state index contributed by atoms with van der Waals surface area (Å²) in [5.41, 5.74) is -1.71. The van der Waals surface area contributed by atoms with Crippen molar-refractivity contribution < 1.29 is 36.8 Å². The van der Waals surface area contributed by atoms with E-state index in [1.807, 2.05) is 20.8 Å². The summed E-state index contributed by atoms with van der Waals surface area (Å²) in [7, 11) is -4.30. The standard InChI is InChI=1S/C35H37ClO8S/c1-22-9-12-26(13-10-22)45(41,42)43-21-30(39)34(44-31(40)23-7-5-4-6-8-23)18-16-27-28-14-11-24-19-25(37)15-17-32(24,2)35(28,36)29(38)20-33(27,34)3/h4-10,12-13,15,17,19,27-29,38H,11,14,16,18,20-21H2,1-3H3/t27-,28-,29-,32-,33-,34-,35-/m0/s1. The first-order valence-electron chi connectivity index (χ1n) is 15.3. The van der Waals surface area contributed by atoms with Crippen LogP contribution in [-0.4, -0.2) is 54.2 Å². The van der Waals surface area contributed by atoms with Gasteiger partial charge in [-0.05, 0) is 87.3 Å². The third kappa shape index (κ3) is 4.77. The van der Waals surface area contributed by atoms with Gasteiger partial charge in [0.2, 0.25) is 5.78 Å². The number of allylic oxidation sites excluding steroid dienone is 4. The van der Waals surface area contributed by atoms with Gasteiger partial charge >= 0.3 is 5.97 Å². The summed E-state index contributed by atoms with van der Waals surface area (Å²) < 4.78 is 37.7. The highest BCUT2D eigenvalue weighted by molar-refractivity contribution is 7.86. The quantitative estimate of drug-likeness (QED) is 0.236. The van der Waals surface area contributed by atoms with Gasteiger partial charge in [0.15, 0.2) is 11.4 Å². The lowest BCUT2D eigenvalue weighted by atomic mass is 9.45. The van der Waals surface area contributed by atoms with E-state index in [0.717, 1.165) is 11.1 Å². The van der Waals surface area contributed by atoms with E-state index < -0.39 is 55.9 Å². The van der Waals surface area contributed by atoms with Crippen LogP contribution in [0.2, 0.25) is 0 Å². The molecule has 2 aromatic carbocycles. The van der Waals surface area contributed by atoms with Crippen molar-refractivity contribution in [3.05, 3.63) is 89.5 Å². The molecular formula is C35H37ClO8S.